The Morgan fingerprint density at radius 1 is 1.50 bits per heavy atom. The molecule has 0 bridgehead atoms. The molecule has 0 aromatic rings. The number of amides is 2. The summed E-state index contributed by atoms with van der Waals surface area (Å²) in [4.78, 5) is 25.1. The van der Waals surface area contributed by atoms with Crippen LogP contribution in [0.3, 0.4) is 0 Å². The smallest absolute Gasteiger partial charge is 0.317 e. The van der Waals surface area contributed by atoms with E-state index in [-0.39, 0.29) is 18.1 Å². The fraction of sp³-hybridized carbons (Fsp3) is 0.857. The first-order chi connectivity index (χ1) is 9.28. The zero-order valence-electron chi connectivity index (χ0n) is 12.8. The van der Waals surface area contributed by atoms with E-state index in [1.54, 1.807) is 25.9 Å². The highest BCUT2D eigenvalue weighted by atomic mass is 16.5. The van der Waals surface area contributed by atoms with Crippen LogP contribution >= 0.6 is 0 Å². The zero-order chi connectivity index (χ0) is 15.3. The highest BCUT2D eigenvalue weighted by Gasteiger charge is 2.39. The zero-order valence-corrected chi connectivity index (χ0v) is 12.8. The van der Waals surface area contributed by atoms with E-state index >= 15 is 0 Å². The largest absolute Gasteiger partial charge is 0.481 e. The quantitative estimate of drug-likeness (QED) is 0.804. The summed E-state index contributed by atoms with van der Waals surface area (Å²) in [5, 5.41) is 12.1. The third kappa shape index (κ3) is 4.10. The number of carboxylic acid groups (broad SMARTS) is 1. The normalized spacial score (nSPS) is 21.4. The molecule has 0 aromatic heterocycles. The van der Waals surface area contributed by atoms with Crippen molar-refractivity contribution >= 4 is 12.0 Å². The van der Waals surface area contributed by atoms with Gasteiger partial charge in [-0.1, -0.05) is 0 Å². The third-order valence-electron chi connectivity index (χ3n) is 4.22. The molecule has 1 rings (SSSR count). The minimum Gasteiger partial charge on any atom is -0.481 e. The van der Waals surface area contributed by atoms with Crippen LogP contribution in [0, 0.1) is 11.3 Å². The Bertz CT molecular complexity index is 357. The Balaban J connectivity index is 2.56. The van der Waals surface area contributed by atoms with Gasteiger partial charge in [-0.15, -0.1) is 0 Å². The summed E-state index contributed by atoms with van der Waals surface area (Å²) >= 11 is 0. The number of hydrogen-bond acceptors (Lipinski definition) is 3. The van der Waals surface area contributed by atoms with E-state index in [0.29, 0.717) is 19.6 Å². The number of piperidine rings is 1. The molecule has 2 atom stereocenters. The second-order valence-electron chi connectivity index (χ2n) is 6.04. The molecule has 116 valence electrons. The monoisotopic (exact) mass is 286 g/mol. The number of methoxy groups -OCH3 is 1. The number of likely N-dealkylation sites (tertiary alicyclic amines) is 1. The Labute approximate surface area is 120 Å². The fourth-order valence-corrected chi connectivity index (χ4v) is 2.35. The van der Waals surface area contributed by atoms with Crippen LogP contribution in [0.15, 0.2) is 0 Å². The third-order valence-corrected chi connectivity index (χ3v) is 4.22. The molecule has 6 nitrogen and oxygen atoms in total. The molecule has 1 aliphatic heterocycles. The van der Waals surface area contributed by atoms with Gasteiger partial charge in [0.2, 0.25) is 0 Å². The summed E-state index contributed by atoms with van der Waals surface area (Å²) in [6.07, 6.45) is 1.65. The molecule has 1 saturated heterocycles. The average molecular weight is 286 g/mol. The lowest BCUT2D eigenvalue weighted by Crippen LogP contribution is -2.50. The maximum Gasteiger partial charge on any atom is 0.317 e. The van der Waals surface area contributed by atoms with Gasteiger partial charge in [-0.2, -0.15) is 0 Å². The van der Waals surface area contributed by atoms with Crippen molar-refractivity contribution in [3.63, 3.8) is 0 Å². The minimum absolute atomic E-state index is 0.0145. The van der Waals surface area contributed by atoms with Gasteiger partial charge in [0.15, 0.2) is 0 Å². The van der Waals surface area contributed by atoms with Gasteiger partial charge in [-0.05, 0) is 39.5 Å². The van der Waals surface area contributed by atoms with E-state index in [1.165, 1.54) is 0 Å². The van der Waals surface area contributed by atoms with Crippen LogP contribution in [0.25, 0.3) is 0 Å². The lowest BCUT2D eigenvalue weighted by Gasteiger charge is -2.39. The molecule has 0 saturated carbocycles. The first-order valence-corrected chi connectivity index (χ1v) is 7.08. The number of rotatable bonds is 5. The second kappa shape index (κ2) is 6.92. The van der Waals surface area contributed by atoms with Crippen molar-refractivity contribution in [3.05, 3.63) is 0 Å². The highest BCUT2D eigenvalue weighted by molar-refractivity contribution is 5.76. The Hall–Kier alpha value is -1.30. The Kier molecular flexibility index (Phi) is 5.80. The number of ether oxygens (including phenoxy) is 1. The van der Waals surface area contributed by atoms with Crippen molar-refractivity contribution in [2.75, 3.05) is 26.7 Å². The summed E-state index contributed by atoms with van der Waals surface area (Å²) < 4.78 is 5.08. The molecule has 0 spiro atoms. The second-order valence-corrected chi connectivity index (χ2v) is 6.04. The molecule has 1 aliphatic rings. The molecule has 0 radical (unpaired) electrons. The summed E-state index contributed by atoms with van der Waals surface area (Å²) in [5.41, 5.74) is -0.807. The number of nitrogens with zero attached hydrogens (tertiary/aromatic N) is 1. The SMILES string of the molecule is COC(C)CNC(=O)N1CCCC(C(C)(C)C(=O)O)C1. The van der Waals surface area contributed by atoms with Crippen LogP contribution in [0.5, 0.6) is 0 Å². The first kappa shape index (κ1) is 16.8. The van der Waals surface area contributed by atoms with E-state index in [2.05, 4.69) is 5.32 Å². The molecule has 1 fully saturated rings. The number of carbonyl (C=O) groups excluding carboxylic acids is 1. The van der Waals surface area contributed by atoms with Crippen molar-refractivity contribution in [3.8, 4) is 0 Å². The standard InChI is InChI=1S/C14H26N2O4/c1-10(20-4)8-15-13(19)16-7-5-6-11(9-16)14(2,3)12(17)18/h10-11H,5-9H2,1-4H3,(H,15,19)(H,17,18). The summed E-state index contributed by atoms with van der Waals surface area (Å²) in [7, 11) is 1.60. The maximum atomic E-state index is 12.1. The van der Waals surface area contributed by atoms with Crippen molar-refractivity contribution in [2.45, 2.75) is 39.7 Å². The molecule has 20 heavy (non-hydrogen) atoms. The van der Waals surface area contributed by atoms with Crippen molar-refractivity contribution in [1.82, 2.24) is 10.2 Å². The molecule has 0 aromatic carbocycles. The predicted molar refractivity (Wildman–Crippen MR) is 75.6 cm³/mol. The van der Waals surface area contributed by atoms with Gasteiger partial charge in [0.25, 0.3) is 0 Å². The lowest BCUT2D eigenvalue weighted by molar-refractivity contribution is -0.151. The van der Waals surface area contributed by atoms with E-state index in [4.69, 9.17) is 4.74 Å². The van der Waals surface area contributed by atoms with Crippen LogP contribution in [-0.2, 0) is 9.53 Å². The van der Waals surface area contributed by atoms with Crippen LogP contribution in [0.2, 0.25) is 0 Å². The van der Waals surface area contributed by atoms with Crippen molar-refractivity contribution in [2.24, 2.45) is 11.3 Å². The van der Waals surface area contributed by atoms with Gasteiger partial charge < -0.3 is 20.1 Å². The van der Waals surface area contributed by atoms with Crippen molar-refractivity contribution < 1.29 is 19.4 Å². The predicted octanol–water partition coefficient (Wildman–Crippen LogP) is 1.55. The number of aliphatic carboxylic acids is 1. The van der Waals surface area contributed by atoms with Crippen LogP contribution in [-0.4, -0.2) is 54.9 Å². The summed E-state index contributed by atoms with van der Waals surface area (Å²) in [6.45, 7) is 6.97. The van der Waals surface area contributed by atoms with Crippen molar-refractivity contribution in [1.29, 1.82) is 0 Å². The Morgan fingerprint density at radius 2 is 2.15 bits per heavy atom. The fourth-order valence-electron chi connectivity index (χ4n) is 2.35. The number of nitrogens with one attached hydrogen (secondary N) is 1. The van der Waals surface area contributed by atoms with E-state index in [1.807, 2.05) is 6.92 Å². The van der Waals surface area contributed by atoms with E-state index in [0.717, 1.165) is 12.8 Å². The first-order valence-electron chi connectivity index (χ1n) is 7.08. The average Bonchev–Trinajstić information content (AvgIpc) is 2.44. The van der Waals surface area contributed by atoms with Gasteiger partial charge in [0, 0.05) is 26.7 Å². The van der Waals surface area contributed by atoms with Gasteiger partial charge >= 0.3 is 12.0 Å². The molecule has 0 aliphatic carbocycles. The van der Waals surface area contributed by atoms with Gasteiger partial charge in [-0.25, -0.2) is 4.79 Å². The number of carboxylic acids is 1. The number of urea groups is 1. The Morgan fingerprint density at radius 3 is 2.70 bits per heavy atom. The van der Waals surface area contributed by atoms with E-state index in [9.17, 15) is 14.7 Å². The lowest BCUT2D eigenvalue weighted by atomic mass is 9.74. The molecule has 6 heteroatoms. The van der Waals surface area contributed by atoms with Gasteiger partial charge in [-0.3, -0.25) is 4.79 Å². The van der Waals surface area contributed by atoms with Gasteiger partial charge in [0.05, 0.1) is 11.5 Å². The topological polar surface area (TPSA) is 78.9 Å². The number of carbonyl (C=O) groups is 2. The summed E-state index contributed by atoms with van der Waals surface area (Å²) in [5.74, 6) is -0.822. The van der Waals surface area contributed by atoms with Crippen LogP contribution in [0.4, 0.5) is 4.79 Å². The van der Waals surface area contributed by atoms with Crippen LogP contribution < -0.4 is 5.32 Å². The molecular formula is C14H26N2O4. The summed E-state index contributed by atoms with van der Waals surface area (Å²) in [6, 6.07) is -0.139. The molecule has 1 heterocycles. The highest BCUT2D eigenvalue weighted by Crippen LogP contribution is 2.34. The molecule has 2 unspecified atom stereocenters. The minimum atomic E-state index is -0.808. The molecule has 2 N–H and O–H groups in total. The number of hydrogen-bond donors (Lipinski definition) is 2. The van der Waals surface area contributed by atoms with Gasteiger partial charge in [0.1, 0.15) is 0 Å². The molecule has 2 amide bonds. The molecular weight excluding hydrogens is 260 g/mol. The van der Waals surface area contributed by atoms with E-state index < -0.39 is 11.4 Å². The van der Waals surface area contributed by atoms with Crippen LogP contribution in [0.1, 0.15) is 33.6 Å². The maximum absolute atomic E-state index is 12.1.